The molecule has 1 N–H and O–H groups in total. The minimum Gasteiger partial charge on any atom is -0.459 e. The maximum absolute atomic E-state index is 5.72. The van der Waals surface area contributed by atoms with Crippen molar-refractivity contribution in [3.8, 4) is 11.7 Å². The van der Waals surface area contributed by atoms with Crippen LogP contribution in [-0.4, -0.2) is 27.1 Å². The van der Waals surface area contributed by atoms with E-state index >= 15 is 0 Å². The molecular formula is C17H20N4O2. The fourth-order valence-electron chi connectivity index (χ4n) is 3.17. The maximum atomic E-state index is 5.72. The van der Waals surface area contributed by atoms with Crippen LogP contribution in [0.3, 0.4) is 0 Å². The van der Waals surface area contributed by atoms with E-state index in [9.17, 15) is 0 Å². The van der Waals surface area contributed by atoms with E-state index in [1.54, 1.807) is 6.26 Å². The number of fused-ring (bicyclic) bond motifs is 1. The highest BCUT2D eigenvalue weighted by molar-refractivity contribution is 5.44. The van der Waals surface area contributed by atoms with Crippen LogP contribution in [0.1, 0.15) is 34.8 Å². The summed E-state index contributed by atoms with van der Waals surface area (Å²) >= 11 is 0. The SMILES string of the molecule is Cc1oc(-c2ccco2)nc1CN(C)Cc1n[nH]c2c1CCC2. The number of nitrogens with one attached hydrogen (secondary N) is 1. The van der Waals surface area contributed by atoms with E-state index < -0.39 is 0 Å². The van der Waals surface area contributed by atoms with Gasteiger partial charge in [-0.2, -0.15) is 5.10 Å². The Labute approximate surface area is 134 Å². The van der Waals surface area contributed by atoms with Crippen LogP contribution >= 0.6 is 0 Å². The average molecular weight is 312 g/mol. The lowest BCUT2D eigenvalue weighted by Gasteiger charge is -2.14. The van der Waals surface area contributed by atoms with Crippen LogP contribution in [0.2, 0.25) is 0 Å². The number of rotatable bonds is 5. The largest absolute Gasteiger partial charge is 0.459 e. The van der Waals surface area contributed by atoms with Crippen LogP contribution < -0.4 is 0 Å². The highest BCUT2D eigenvalue weighted by atomic mass is 16.4. The van der Waals surface area contributed by atoms with Crippen LogP contribution in [-0.2, 0) is 25.9 Å². The quantitative estimate of drug-likeness (QED) is 0.784. The van der Waals surface area contributed by atoms with Gasteiger partial charge in [0, 0.05) is 18.8 Å². The van der Waals surface area contributed by atoms with Gasteiger partial charge in [-0.3, -0.25) is 10.00 Å². The van der Waals surface area contributed by atoms with Gasteiger partial charge in [0.05, 0.1) is 17.7 Å². The minimum absolute atomic E-state index is 0.538. The average Bonchev–Trinajstić information content (AvgIpc) is 3.26. The number of aryl methyl sites for hydroxylation is 2. The molecule has 3 aromatic rings. The van der Waals surface area contributed by atoms with Gasteiger partial charge in [-0.1, -0.05) is 0 Å². The second kappa shape index (κ2) is 5.70. The summed E-state index contributed by atoms with van der Waals surface area (Å²) in [4.78, 5) is 6.78. The molecule has 0 radical (unpaired) electrons. The third-order valence-corrected chi connectivity index (χ3v) is 4.36. The molecule has 3 heterocycles. The van der Waals surface area contributed by atoms with E-state index in [0.717, 1.165) is 43.1 Å². The van der Waals surface area contributed by atoms with Crippen molar-refractivity contribution in [1.82, 2.24) is 20.1 Å². The molecule has 0 bridgehead atoms. The Morgan fingerprint density at radius 2 is 2.13 bits per heavy atom. The Hall–Kier alpha value is -2.34. The number of hydrogen-bond acceptors (Lipinski definition) is 5. The molecule has 1 aliphatic rings. The Bertz CT molecular complexity index is 801. The zero-order valence-corrected chi connectivity index (χ0v) is 13.4. The molecule has 3 aromatic heterocycles. The summed E-state index contributed by atoms with van der Waals surface area (Å²) in [6.45, 7) is 3.47. The molecule has 0 amide bonds. The van der Waals surface area contributed by atoms with Gasteiger partial charge in [-0.05, 0) is 50.9 Å². The molecule has 6 heteroatoms. The molecule has 120 valence electrons. The van der Waals surface area contributed by atoms with E-state index in [1.807, 2.05) is 19.1 Å². The van der Waals surface area contributed by atoms with Crippen molar-refractivity contribution < 1.29 is 8.83 Å². The first-order valence-electron chi connectivity index (χ1n) is 7.94. The third-order valence-electron chi connectivity index (χ3n) is 4.36. The number of hydrogen-bond donors (Lipinski definition) is 1. The Morgan fingerprint density at radius 3 is 2.96 bits per heavy atom. The summed E-state index contributed by atoms with van der Waals surface area (Å²) < 4.78 is 11.1. The lowest BCUT2D eigenvalue weighted by molar-refractivity contribution is 0.308. The van der Waals surface area contributed by atoms with E-state index in [4.69, 9.17) is 8.83 Å². The van der Waals surface area contributed by atoms with Crippen LogP contribution in [0.15, 0.2) is 27.2 Å². The van der Waals surface area contributed by atoms with Gasteiger partial charge in [0.15, 0.2) is 5.76 Å². The van der Waals surface area contributed by atoms with Gasteiger partial charge >= 0.3 is 0 Å². The first kappa shape index (κ1) is 14.3. The molecule has 0 saturated carbocycles. The van der Waals surface area contributed by atoms with Gasteiger partial charge in [0.25, 0.3) is 5.89 Å². The number of aromatic amines is 1. The van der Waals surface area contributed by atoms with Gasteiger partial charge in [-0.15, -0.1) is 0 Å². The fraction of sp³-hybridized carbons (Fsp3) is 0.412. The molecule has 1 aliphatic carbocycles. The Morgan fingerprint density at radius 1 is 1.26 bits per heavy atom. The number of oxazole rings is 1. The number of H-pyrrole nitrogens is 1. The molecule has 0 saturated heterocycles. The van der Waals surface area contributed by atoms with Crippen LogP contribution in [0, 0.1) is 6.92 Å². The molecule has 4 rings (SSSR count). The molecule has 0 unspecified atom stereocenters. The van der Waals surface area contributed by atoms with Crippen LogP contribution in [0.5, 0.6) is 0 Å². The van der Waals surface area contributed by atoms with Crippen molar-refractivity contribution in [2.24, 2.45) is 0 Å². The zero-order chi connectivity index (χ0) is 15.8. The van der Waals surface area contributed by atoms with Crippen molar-refractivity contribution in [2.45, 2.75) is 39.3 Å². The lowest BCUT2D eigenvalue weighted by Crippen LogP contribution is -2.19. The van der Waals surface area contributed by atoms with Crippen molar-refractivity contribution in [3.63, 3.8) is 0 Å². The first-order valence-corrected chi connectivity index (χ1v) is 7.94. The second-order valence-electron chi connectivity index (χ2n) is 6.15. The van der Waals surface area contributed by atoms with Crippen molar-refractivity contribution >= 4 is 0 Å². The van der Waals surface area contributed by atoms with Gasteiger partial charge in [-0.25, -0.2) is 4.98 Å². The minimum atomic E-state index is 0.538. The second-order valence-corrected chi connectivity index (χ2v) is 6.15. The summed E-state index contributed by atoms with van der Waals surface area (Å²) in [6, 6.07) is 3.69. The topological polar surface area (TPSA) is 71.1 Å². The molecular weight excluding hydrogens is 292 g/mol. The van der Waals surface area contributed by atoms with Crippen LogP contribution in [0.4, 0.5) is 0 Å². The fourth-order valence-corrected chi connectivity index (χ4v) is 3.17. The monoisotopic (exact) mass is 312 g/mol. The number of furan rings is 1. The third kappa shape index (κ3) is 2.70. The molecule has 0 fully saturated rings. The van der Waals surface area contributed by atoms with Crippen molar-refractivity contribution in [3.05, 3.63) is 46.8 Å². The highest BCUT2D eigenvalue weighted by Gasteiger charge is 2.20. The lowest BCUT2D eigenvalue weighted by atomic mass is 10.2. The molecule has 0 atom stereocenters. The number of aromatic nitrogens is 3. The molecule has 0 aliphatic heterocycles. The first-order chi connectivity index (χ1) is 11.2. The highest BCUT2D eigenvalue weighted by Crippen LogP contribution is 2.25. The van der Waals surface area contributed by atoms with Crippen molar-refractivity contribution in [2.75, 3.05) is 7.05 Å². The standard InChI is InChI=1S/C17H20N4O2/c1-11-14(18-17(23-11)16-7-4-8-22-16)9-21(2)10-15-12-5-3-6-13(12)19-20-15/h4,7-8H,3,5-6,9-10H2,1-2H3,(H,19,20). The van der Waals surface area contributed by atoms with E-state index in [1.165, 1.54) is 17.7 Å². The maximum Gasteiger partial charge on any atom is 0.263 e. The van der Waals surface area contributed by atoms with Gasteiger partial charge in [0.2, 0.25) is 0 Å². The summed E-state index contributed by atoms with van der Waals surface area (Å²) in [6.07, 6.45) is 5.12. The van der Waals surface area contributed by atoms with Gasteiger partial charge < -0.3 is 8.83 Å². The van der Waals surface area contributed by atoms with E-state index in [2.05, 4.69) is 27.1 Å². The van der Waals surface area contributed by atoms with E-state index in [-0.39, 0.29) is 0 Å². The number of nitrogens with zero attached hydrogens (tertiary/aromatic N) is 3. The predicted octanol–water partition coefficient (Wildman–Crippen LogP) is 3.09. The zero-order valence-electron chi connectivity index (χ0n) is 13.4. The summed E-state index contributed by atoms with van der Waals surface area (Å²) in [5.41, 5.74) is 4.81. The van der Waals surface area contributed by atoms with Gasteiger partial charge in [0.1, 0.15) is 5.76 Å². The predicted molar refractivity (Wildman–Crippen MR) is 84.7 cm³/mol. The van der Waals surface area contributed by atoms with Crippen molar-refractivity contribution in [1.29, 1.82) is 0 Å². The smallest absolute Gasteiger partial charge is 0.263 e. The van der Waals surface area contributed by atoms with E-state index in [0.29, 0.717) is 11.7 Å². The van der Waals surface area contributed by atoms with Crippen LogP contribution in [0.25, 0.3) is 11.7 Å². The molecule has 23 heavy (non-hydrogen) atoms. The molecule has 0 aromatic carbocycles. The Kier molecular flexibility index (Phi) is 3.53. The summed E-state index contributed by atoms with van der Waals surface area (Å²) in [5, 5.41) is 7.63. The summed E-state index contributed by atoms with van der Waals surface area (Å²) in [5.74, 6) is 2.03. The normalized spacial score (nSPS) is 13.9. The molecule has 6 nitrogen and oxygen atoms in total. The Balaban J connectivity index is 1.47. The molecule has 0 spiro atoms. The summed E-state index contributed by atoms with van der Waals surface area (Å²) in [7, 11) is 2.08.